The molecule has 0 saturated heterocycles. The van der Waals surface area contributed by atoms with E-state index in [1.54, 1.807) is 12.1 Å². The quantitative estimate of drug-likeness (QED) is 0.658. The van der Waals surface area contributed by atoms with Gasteiger partial charge in [-0.15, -0.1) is 0 Å². The zero-order valence-electron chi connectivity index (χ0n) is 9.76. The maximum absolute atomic E-state index is 14.0. The van der Waals surface area contributed by atoms with Gasteiger partial charge in [-0.1, -0.05) is 37.8 Å². The molecule has 0 amide bonds. The van der Waals surface area contributed by atoms with Crippen LogP contribution in [0.5, 0.6) is 0 Å². The first-order valence-electron chi connectivity index (χ1n) is 6.12. The van der Waals surface area contributed by atoms with Gasteiger partial charge in [0.2, 0.25) is 0 Å². The van der Waals surface area contributed by atoms with Crippen molar-refractivity contribution in [1.82, 2.24) is 5.43 Å². The van der Waals surface area contributed by atoms with E-state index in [9.17, 15) is 4.39 Å². The third-order valence-corrected chi connectivity index (χ3v) is 4.21. The summed E-state index contributed by atoms with van der Waals surface area (Å²) in [4.78, 5) is 0. The highest BCUT2D eigenvalue weighted by Crippen LogP contribution is 2.34. The van der Waals surface area contributed by atoms with Gasteiger partial charge in [-0.3, -0.25) is 11.3 Å². The first kappa shape index (κ1) is 13.0. The summed E-state index contributed by atoms with van der Waals surface area (Å²) in [6.07, 6.45) is 6.00. The van der Waals surface area contributed by atoms with Crippen molar-refractivity contribution in [2.75, 3.05) is 0 Å². The molecule has 1 aliphatic rings. The van der Waals surface area contributed by atoms with Gasteiger partial charge in [-0.25, -0.2) is 4.39 Å². The number of nitrogens with two attached hydrogens (primary N) is 1. The first-order valence-corrected chi connectivity index (χ1v) is 6.91. The Morgan fingerprint density at radius 1 is 1.41 bits per heavy atom. The molecular formula is C13H18BrFN2. The van der Waals surface area contributed by atoms with E-state index in [-0.39, 0.29) is 11.9 Å². The second kappa shape index (κ2) is 5.94. The molecule has 3 N–H and O–H groups in total. The normalized spacial score (nSPS) is 18.5. The van der Waals surface area contributed by atoms with Gasteiger partial charge in [0, 0.05) is 11.6 Å². The summed E-state index contributed by atoms with van der Waals surface area (Å²) in [6.45, 7) is 0. The SMILES string of the molecule is NNC(CC1CCCC1)c1cccc(Br)c1F. The van der Waals surface area contributed by atoms with Crippen LogP contribution in [-0.2, 0) is 0 Å². The number of rotatable bonds is 4. The molecule has 4 heteroatoms. The molecule has 0 aromatic heterocycles. The van der Waals surface area contributed by atoms with E-state index in [0.717, 1.165) is 6.42 Å². The van der Waals surface area contributed by atoms with E-state index in [1.807, 2.05) is 6.07 Å². The molecule has 1 atom stereocenters. The smallest absolute Gasteiger partial charge is 0.142 e. The van der Waals surface area contributed by atoms with Crippen LogP contribution >= 0.6 is 15.9 Å². The van der Waals surface area contributed by atoms with E-state index in [1.165, 1.54) is 25.7 Å². The number of halogens is 2. The minimum Gasteiger partial charge on any atom is -0.271 e. The number of hydrogen-bond acceptors (Lipinski definition) is 2. The molecule has 0 bridgehead atoms. The molecule has 1 unspecified atom stereocenters. The molecule has 94 valence electrons. The number of nitrogens with one attached hydrogen (secondary N) is 1. The van der Waals surface area contributed by atoms with Crippen LogP contribution in [0.3, 0.4) is 0 Å². The number of benzene rings is 1. The molecule has 1 fully saturated rings. The van der Waals surface area contributed by atoms with Crippen molar-refractivity contribution in [2.45, 2.75) is 38.1 Å². The summed E-state index contributed by atoms with van der Waals surface area (Å²) in [7, 11) is 0. The third-order valence-electron chi connectivity index (χ3n) is 3.60. The molecule has 1 saturated carbocycles. The van der Waals surface area contributed by atoms with Crippen LogP contribution in [0.4, 0.5) is 4.39 Å². The molecule has 2 nitrogen and oxygen atoms in total. The fraction of sp³-hybridized carbons (Fsp3) is 0.538. The molecule has 1 aromatic carbocycles. The molecule has 0 aliphatic heterocycles. The van der Waals surface area contributed by atoms with Crippen LogP contribution in [0.15, 0.2) is 22.7 Å². The van der Waals surface area contributed by atoms with Gasteiger partial charge in [0.15, 0.2) is 0 Å². The Hall–Kier alpha value is -0.450. The number of hydrazine groups is 1. The van der Waals surface area contributed by atoms with Gasteiger partial charge in [0.1, 0.15) is 5.82 Å². The Morgan fingerprint density at radius 2 is 2.12 bits per heavy atom. The summed E-state index contributed by atoms with van der Waals surface area (Å²) in [5, 5.41) is 0. The van der Waals surface area contributed by atoms with Crippen LogP contribution in [0, 0.1) is 11.7 Å². The molecule has 1 aliphatic carbocycles. The second-order valence-corrected chi connectivity index (χ2v) is 5.60. The largest absolute Gasteiger partial charge is 0.271 e. The van der Waals surface area contributed by atoms with E-state index in [2.05, 4.69) is 21.4 Å². The standard InChI is InChI=1S/C13H18BrFN2/c14-11-7-3-6-10(13(11)15)12(17-16)8-9-4-1-2-5-9/h3,6-7,9,12,17H,1-2,4-5,8,16H2. The minimum atomic E-state index is -0.201. The van der Waals surface area contributed by atoms with E-state index in [4.69, 9.17) is 5.84 Å². The van der Waals surface area contributed by atoms with Crippen molar-refractivity contribution in [3.05, 3.63) is 34.1 Å². The summed E-state index contributed by atoms with van der Waals surface area (Å²) in [5.41, 5.74) is 3.41. The summed E-state index contributed by atoms with van der Waals surface area (Å²) < 4.78 is 14.5. The van der Waals surface area contributed by atoms with Gasteiger partial charge in [-0.2, -0.15) is 0 Å². The molecule has 2 rings (SSSR count). The Bertz CT molecular complexity index is 378. The average Bonchev–Trinajstić information content (AvgIpc) is 2.83. The number of hydrogen-bond donors (Lipinski definition) is 2. The summed E-state index contributed by atoms with van der Waals surface area (Å²) >= 11 is 3.21. The van der Waals surface area contributed by atoms with Crippen LogP contribution in [0.25, 0.3) is 0 Å². The molecule has 0 radical (unpaired) electrons. The van der Waals surface area contributed by atoms with Crippen molar-refractivity contribution in [3.8, 4) is 0 Å². The van der Waals surface area contributed by atoms with Crippen molar-refractivity contribution >= 4 is 15.9 Å². The monoisotopic (exact) mass is 300 g/mol. The average molecular weight is 301 g/mol. The lowest BCUT2D eigenvalue weighted by atomic mass is 9.94. The molecule has 0 spiro atoms. The maximum Gasteiger partial charge on any atom is 0.142 e. The highest BCUT2D eigenvalue weighted by molar-refractivity contribution is 9.10. The van der Waals surface area contributed by atoms with E-state index < -0.39 is 0 Å². The molecule has 17 heavy (non-hydrogen) atoms. The topological polar surface area (TPSA) is 38.0 Å². The highest BCUT2D eigenvalue weighted by Gasteiger charge is 2.23. The van der Waals surface area contributed by atoms with E-state index in [0.29, 0.717) is 16.0 Å². The van der Waals surface area contributed by atoms with Gasteiger partial charge in [0.25, 0.3) is 0 Å². The van der Waals surface area contributed by atoms with Crippen molar-refractivity contribution in [1.29, 1.82) is 0 Å². The predicted octanol–water partition coefficient (Wildman–Crippen LogP) is 3.67. The van der Waals surface area contributed by atoms with Crippen LogP contribution < -0.4 is 11.3 Å². The van der Waals surface area contributed by atoms with Gasteiger partial charge < -0.3 is 0 Å². The Balaban J connectivity index is 2.13. The lowest BCUT2D eigenvalue weighted by molar-refractivity contribution is 0.389. The minimum absolute atomic E-state index is 0.0874. The lowest BCUT2D eigenvalue weighted by Crippen LogP contribution is -2.30. The Labute approximate surface area is 110 Å². The fourth-order valence-electron chi connectivity index (χ4n) is 2.65. The molecular weight excluding hydrogens is 283 g/mol. The zero-order chi connectivity index (χ0) is 12.3. The first-order chi connectivity index (χ1) is 8.22. The predicted molar refractivity (Wildman–Crippen MR) is 70.7 cm³/mol. The maximum atomic E-state index is 14.0. The van der Waals surface area contributed by atoms with Crippen LogP contribution in [0.1, 0.15) is 43.7 Å². The molecule has 0 heterocycles. The van der Waals surface area contributed by atoms with Crippen molar-refractivity contribution in [3.63, 3.8) is 0 Å². The van der Waals surface area contributed by atoms with Gasteiger partial charge in [0.05, 0.1) is 4.47 Å². The van der Waals surface area contributed by atoms with Gasteiger partial charge >= 0.3 is 0 Å². The second-order valence-electron chi connectivity index (χ2n) is 4.75. The Kier molecular flexibility index (Phi) is 4.54. The van der Waals surface area contributed by atoms with Gasteiger partial charge in [-0.05, 0) is 34.3 Å². The summed E-state index contributed by atoms with van der Waals surface area (Å²) in [6, 6.07) is 5.28. The third kappa shape index (κ3) is 3.06. The highest BCUT2D eigenvalue weighted by atomic mass is 79.9. The fourth-order valence-corrected chi connectivity index (χ4v) is 3.04. The lowest BCUT2D eigenvalue weighted by Gasteiger charge is -2.21. The van der Waals surface area contributed by atoms with E-state index >= 15 is 0 Å². The van der Waals surface area contributed by atoms with Crippen molar-refractivity contribution < 1.29 is 4.39 Å². The van der Waals surface area contributed by atoms with Crippen molar-refractivity contribution in [2.24, 2.45) is 11.8 Å². The molecule has 1 aromatic rings. The van der Waals surface area contributed by atoms with Crippen LogP contribution in [0.2, 0.25) is 0 Å². The van der Waals surface area contributed by atoms with Crippen LogP contribution in [-0.4, -0.2) is 0 Å². The summed E-state index contributed by atoms with van der Waals surface area (Å²) in [5.74, 6) is 6.04. The zero-order valence-corrected chi connectivity index (χ0v) is 11.3. The Morgan fingerprint density at radius 3 is 2.76 bits per heavy atom.